The number of nitrogens with zero attached hydrogens (tertiary/aromatic N) is 1. The highest BCUT2D eigenvalue weighted by Gasteiger charge is 2.37. The fourth-order valence-corrected chi connectivity index (χ4v) is 2.84. The van der Waals surface area contributed by atoms with Gasteiger partial charge in [-0.15, -0.1) is 0 Å². The van der Waals surface area contributed by atoms with Gasteiger partial charge in [-0.3, -0.25) is 9.59 Å². The summed E-state index contributed by atoms with van der Waals surface area (Å²) in [6, 6.07) is 11.7. The molecule has 1 aromatic rings. The molecule has 0 spiro atoms. The van der Waals surface area contributed by atoms with Crippen molar-refractivity contribution >= 4 is 52.7 Å². The number of alkyl halides is 3. The molecule has 1 aliphatic heterocycles. The molecule has 1 aromatic carbocycles. The lowest BCUT2D eigenvalue weighted by molar-refractivity contribution is -0.132. The van der Waals surface area contributed by atoms with Crippen molar-refractivity contribution in [3.05, 3.63) is 48.6 Å². The van der Waals surface area contributed by atoms with Gasteiger partial charge < -0.3 is 10.1 Å². The third kappa shape index (κ3) is 16.5. The first-order chi connectivity index (χ1) is 16.4. The zero-order valence-corrected chi connectivity index (χ0v) is 24.2. The van der Waals surface area contributed by atoms with Crippen LogP contribution in [0.1, 0.15) is 61.3 Å². The molecule has 2 rings (SSSR count). The van der Waals surface area contributed by atoms with Crippen LogP contribution in [0.25, 0.3) is 0 Å². The molecule has 0 saturated carbocycles. The quantitative estimate of drug-likeness (QED) is 0.300. The predicted octanol–water partition coefficient (Wildman–Crippen LogP) is 7.19. The first-order valence-corrected chi connectivity index (χ1v) is 13.1. The smallest absolute Gasteiger partial charge is 0.416 e. The Morgan fingerprint density at radius 3 is 1.91 bits per heavy atom. The van der Waals surface area contributed by atoms with Crippen LogP contribution in [-0.2, 0) is 14.3 Å². The molecule has 35 heavy (non-hydrogen) atoms. The maximum atomic E-state index is 12.6. The van der Waals surface area contributed by atoms with Crippen LogP contribution < -0.4 is 5.32 Å². The SMILES string of the molecule is CC.CC(C)C[C@H](/C=C/CNC(=O)C(Cl)(Cl)Cl)C(=O)N1C(=O)OC[C@H]1C.CCC.c1ccccc1. The number of cyclic esters (lactones) is 1. The van der Waals surface area contributed by atoms with Crippen molar-refractivity contribution in [2.75, 3.05) is 13.2 Å². The maximum Gasteiger partial charge on any atom is 0.416 e. The van der Waals surface area contributed by atoms with E-state index in [1.165, 1.54) is 6.42 Å². The van der Waals surface area contributed by atoms with Crippen LogP contribution in [0.5, 0.6) is 0 Å². The van der Waals surface area contributed by atoms with Crippen molar-refractivity contribution in [3.8, 4) is 0 Å². The van der Waals surface area contributed by atoms with E-state index in [1.807, 2.05) is 64.1 Å². The van der Waals surface area contributed by atoms with E-state index in [1.54, 1.807) is 19.1 Å². The lowest BCUT2D eigenvalue weighted by atomic mass is 9.95. The maximum absolute atomic E-state index is 12.6. The van der Waals surface area contributed by atoms with Crippen LogP contribution in [0.15, 0.2) is 48.6 Å². The summed E-state index contributed by atoms with van der Waals surface area (Å²) in [6.07, 6.45) is 4.44. The first kappa shape index (κ1) is 35.4. The fourth-order valence-electron chi connectivity index (χ4n) is 2.64. The highest BCUT2D eigenvalue weighted by atomic mass is 35.6. The molecule has 0 radical (unpaired) electrons. The number of carbonyl (C=O) groups excluding carboxylic acids is 3. The van der Waals surface area contributed by atoms with Gasteiger partial charge in [0.2, 0.25) is 5.91 Å². The van der Waals surface area contributed by atoms with Gasteiger partial charge in [0.15, 0.2) is 0 Å². The summed E-state index contributed by atoms with van der Waals surface area (Å²) in [6.45, 7) is 14.3. The summed E-state index contributed by atoms with van der Waals surface area (Å²) >= 11 is 16.3. The van der Waals surface area contributed by atoms with E-state index < -0.39 is 21.7 Å². The van der Waals surface area contributed by atoms with Crippen molar-refractivity contribution < 1.29 is 19.1 Å². The zero-order valence-electron chi connectivity index (χ0n) is 21.9. The van der Waals surface area contributed by atoms with Gasteiger partial charge in [-0.25, -0.2) is 9.69 Å². The van der Waals surface area contributed by atoms with E-state index in [-0.39, 0.29) is 31.0 Å². The lowest BCUT2D eigenvalue weighted by Crippen LogP contribution is -2.41. The predicted molar refractivity (Wildman–Crippen MR) is 147 cm³/mol. The van der Waals surface area contributed by atoms with Gasteiger partial charge in [0, 0.05) is 6.54 Å². The van der Waals surface area contributed by atoms with E-state index >= 15 is 0 Å². The van der Waals surface area contributed by atoms with E-state index in [0.29, 0.717) is 6.42 Å². The van der Waals surface area contributed by atoms with Crippen molar-refractivity contribution in [2.24, 2.45) is 11.8 Å². The number of hydrogen-bond acceptors (Lipinski definition) is 4. The Balaban J connectivity index is 0. The lowest BCUT2D eigenvalue weighted by Gasteiger charge is -2.22. The van der Waals surface area contributed by atoms with Crippen LogP contribution in [-0.4, -0.2) is 45.8 Å². The van der Waals surface area contributed by atoms with Gasteiger partial charge in [0.25, 0.3) is 9.70 Å². The second-order valence-electron chi connectivity index (χ2n) is 7.87. The van der Waals surface area contributed by atoms with Crippen molar-refractivity contribution in [1.82, 2.24) is 10.2 Å². The molecule has 1 fully saturated rings. The minimum Gasteiger partial charge on any atom is -0.447 e. The summed E-state index contributed by atoms with van der Waals surface area (Å²) in [7, 11) is 0. The third-order valence-electron chi connectivity index (χ3n) is 4.04. The van der Waals surface area contributed by atoms with E-state index in [2.05, 4.69) is 19.2 Å². The summed E-state index contributed by atoms with van der Waals surface area (Å²) in [5, 5.41) is 2.42. The number of benzene rings is 1. The molecular weight excluding hydrogens is 511 g/mol. The first-order valence-electron chi connectivity index (χ1n) is 12.0. The number of hydrogen-bond donors (Lipinski definition) is 1. The number of nitrogens with one attached hydrogen (secondary N) is 1. The number of imide groups is 1. The normalized spacial score (nSPS) is 15.6. The van der Waals surface area contributed by atoms with Gasteiger partial charge in [-0.05, 0) is 19.3 Å². The summed E-state index contributed by atoms with van der Waals surface area (Å²) in [5.74, 6) is -1.32. The topological polar surface area (TPSA) is 75.7 Å². The van der Waals surface area contributed by atoms with Crippen LogP contribution in [0, 0.1) is 11.8 Å². The molecule has 1 aliphatic rings. The Bertz CT molecular complexity index is 711. The van der Waals surface area contributed by atoms with Gasteiger partial charge in [0.05, 0.1) is 12.0 Å². The average Bonchev–Trinajstić information content (AvgIpc) is 3.15. The Labute approximate surface area is 226 Å². The number of ether oxygens (including phenoxy) is 1. The molecule has 1 N–H and O–H groups in total. The van der Waals surface area contributed by atoms with E-state index in [0.717, 1.165) is 4.90 Å². The molecule has 0 unspecified atom stereocenters. The molecule has 0 aliphatic carbocycles. The third-order valence-corrected chi connectivity index (χ3v) is 4.55. The van der Waals surface area contributed by atoms with Crippen LogP contribution in [0.2, 0.25) is 0 Å². The number of rotatable bonds is 6. The Morgan fingerprint density at radius 1 is 1.11 bits per heavy atom. The molecule has 1 heterocycles. The minimum absolute atomic E-state index is 0.106. The monoisotopic (exact) mass is 550 g/mol. The van der Waals surface area contributed by atoms with Crippen molar-refractivity contribution in [2.45, 2.75) is 71.1 Å². The summed E-state index contributed by atoms with van der Waals surface area (Å²) < 4.78 is 2.86. The highest BCUT2D eigenvalue weighted by Crippen LogP contribution is 2.25. The molecule has 6 nitrogen and oxygen atoms in total. The molecule has 1 saturated heterocycles. The fraction of sp³-hybridized carbons (Fsp3) is 0.577. The van der Waals surface area contributed by atoms with Gasteiger partial charge >= 0.3 is 6.09 Å². The van der Waals surface area contributed by atoms with Crippen LogP contribution >= 0.6 is 34.8 Å². The van der Waals surface area contributed by atoms with Gasteiger partial charge in [-0.1, -0.05) is 131 Å². The van der Waals surface area contributed by atoms with Crippen molar-refractivity contribution in [3.63, 3.8) is 0 Å². The second-order valence-corrected chi connectivity index (χ2v) is 10.1. The van der Waals surface area contributed by atoms with E-state index in [4.69, 9.17) is 39.5 Å². The van der Waals surface area contributed by atoms with Gasteiger partial charge in [-0.2, -0.15) is 0 Å². The zero-order chi connectivity index (χ0) is 27.4. The Morgan fingerprint density at radius 2 is 1.57 bits per heavy atom. The highest BCUT2D eigenvalue weighted by molar-refractivity contribution is 6.76. The van der Waals surface area contributed by atoms with E-state index in [9.17, 15) is 14.4 Å². The molecular formula is C26H41Cl3N2O4. The van der Waals surface area contributed by atoms with Crippen molar-refractivity contribution in [1.29, 1.82) is 0 Å². The average molecular weight is 552 g/mol. The summed E-state index contributed by atoms with van der Waals surface area (Å²) in [5.41, 5.74) is 0. The second kappa shape index (κ2) is 20.4. The molecule has 0 bridgehead atoms. The standard InChI is InChI=1S/C15H21Cl3N2O4.C6H6.C3H8.C2H6/c1-9(2)7-11(5-4-6-19-13(22)15(16,17)18)12(21)20-10(3)8-24-14(20)23;1-2-4-6-5-3-1;1-3-2;1-2/h4-5,9-11H,6-8H2,1-3H3,(H,19,22);1-6H;3H2,1-2H3;1-2H3/b5-4+;;;/t10-,11+;;;/m1.../s1. The molecule has 3 amide bonds. The minimum atomic E-state index is -2.03. The molecule has 0 aromatic heterocycles. The Kier molecular flexibility index (Phi) is 20.7. The van der Waals surface area contributed by atoms with Gasteiger partial charge in [0.1, 0.15) is 6.61 Å². The number of halogens is 3. The number of amides is 3. The van der Waals surface area contributed by atoms with Crippen LogP contribution in [0.4, 0.5) is 4.79 Å². The molecule has 2 atom stereocenters. The van der Waals surface area contributed by atoms with Crippen LogP contribution in [0.3, 0.4) is 0 Å². The number of carbonyl (C=O) groups is 3. The largest absolute Gasteiger partial charge is 0.447 e. The molecule has 200 valence electrons. The molecule has 9 heteroatoms. The summed E-state index contributed by atoms with van der Waals surface area (Å²) in [4.78, 5) is 36.9. The Hall–Kier alpha value is -1.76.